The van der Waals surface area contributed by atoms with Crippen molar-refractivity contribution in [3.63, 3.8) is 0 Å². The molecule has 1 saturated heterocycles. The van der Waals surface area contributed by atoms with Gasteiger partial charge in [-0.05, 0) is 19.1 Å². The van der Waals surface area contributed by atoms with E-state index in [-0.39, 0.29) is 11.9 Å². The summed E-state index contributed by atoms with van der Waals surface area (Å²) in [5, 5.41) is 0. The minimum Gasteiger partial charge on any atom is -0.377 e. The third-order valence-electron chi connectivity index (χ3n) is 2.78. The SMILES string of the molecule is CC1COCCN1C(=O)c1ccc(NN)cn1. The van der Waals surface area contributed by atoms with Crippen LogP contribution in [0.2, 0.25) is 0 Å². The summed E-state index contributed by atoms with van der Waals surface area (Å²) in [5.41, 5.74) is 3.58. The summed E-state index contributed by atoms with van der Waals surface area (Å²) < 4.78 is 5.29. The molecule has 1 aliphatic heterocycles. The van der Waals surface area contributed by atoms with Gasteiger partial charge in [-0.1, -0.05) is 0 Å². The molecular weight excluding hydrogens is 220 g/mol. The third-order valence-corrected chi connectivity index (χ3v) is 2.78. The number of anilines is 1. The van der Waals surface area contributed by atoms with E-state index < -0.39 is 0 Å². The van der Waals surface area contributed by atoms with Gasteiger partial charge in [0, 0.05) is 6.54 Å². The summed E-state index contributed by atoms with van der Waals surface area (Å²) in [7, 11) is 0. The van der Waals surface area contributed by atoms with Crippen molar-refractivity contribution >= 4 is 11.6 Å². The fourth-order valence-electron chi connectivity index (χ4n) is 1.78. The highest BCUT2D eigenvalue weighted by atomic mass is 16.5. The van der Waals surface area contributed by atoms with Gasteiger partial charge in [-0.15, -0.1) is 0 Å². The van der Waals surface area contributed by atoms with Gasteiger partial charge in [-0.25, -0.2) is 4.98 Å². The smallest absolute Gasteiger partial charge is 0.272 e. The van der Waals surface area contributed by atoms with Gasteiger partial charge in [-0.3, -0.25) is 10.6 Å². The van der Waals surface area contributed by atoms with Gasteiger partial charge >= 0.3 is 0 Å². The van der Waals surface area contributed by atoms with E-state index in [0.29, 0.717) is 31.1 Å². The average molecular weight is 236 g/mol. The second kappa shape index (κ2) is 5.11. The quantitative estimate of drug-likeness (QED) is 0.567. The van der Waals surface area contributed by atoms with Gasteiger partial charge in [0.25, 0.3) is 5.91 Å². The summed E-state index contributed by atoms with van der Waals surface area (Å²) in [5.74, 6) is 5.17. The average Bonchev–Trinajstić information content (AvgIpc) is 2.39. The molecule has 92 valence electrons. The number of hydrogen-bond donors (Lipinski definition) is 2. The van der Waals surface area contributed by atoms with Crippen LogP contribution in [0.25, 0.3) is 0 Å². The number of nitrogens with one attached hydrogen (secondary N) is 1. The number of nitrogen functional groups attached to an aromatic ring is 1. The molecule has 0 saturated carbocycles. The molecule has 1 aliphatic rings. The number of morpholine rings is 1. The number of nitrogens with zero attached hydrogens (tertiary/aromatic N) is 2. The molecule has 0 radical (unpaired) electrons. The molecule has 6 nitrogen and oxygen atoms in total. The summed E-state index contributed by atoms with van der Waals surface area (Å²) in [4.78, 5) is 18.0. The lowest BCUT2D eigenvalue weighted by molar-refractivity contribution is 0.00327. The molecule has 0 aromatic carbocycles. The highest BCUT2D eigenvalue weighted by Gasteiger charge is 2.25. The normalized spacial score (nSPS) is 20.1. The summed E-state index contributed by atoms with van der Waals surface area (Å²) in [6.45, 7) is 3.73. The lowest BCUT2D eigenvalue weighted by atomic mass is 10.2. The third kappa shape index (κ3) is 2.54. The van der Waals surface area contributed by atoms with Crippen LogP contribution < -0.4 is 11.3 Å². The number of carbonyl (C=O) groups excluding carboxylic acids is 1. The van der Waals surface area contributed by atoms with E-state index in [4.69, 9.17) is 10.6 Å². The number of pyridine rings is 1. The summed E-state index contributed by atoms with van der Waals surface area (Å²) >= 11 is 0. The van der Waals surface area contributed by atoms with Crippen LogP contribution in [0, 0.1) is 0 Å². The maximum Gasteiger partial charge on any atom is 0.272 e. The molecule has 1 unspecified atom stereocenters. The Balaban J connectivity index is 2.12. The zero-order chi connectivity index (χ0) is 12.3. The molecule has 2 heterocycles. The fourth-order valence-corrected chi connectivity index (χ4v) is 1.78. The first kappa shape index (κ1) is 11.8. The number of aromatic nitrogens is 1. The number of nitrogens with two attached hydrogens (primary N) is 1. The van der Waals surface area contributed by atoms with E-state index in [0.717, 1.165) is 0 Å². The zero-order valence-corrected chi connectivity index (χ0v) is 9.72. The molecule has 0 spiro atoms. The largest absolute Gasteiger partial charge is 0.377 e. The zero-order valence-electron chi connectivity index (χ0n) is 9.72. The van der Waals surface area contributed by atoms with Crippen LogP contribution in [0.15, 0.2) is 18.3 Å². The van der Waals surface area contributed by atoms with Crippen LogP contribution in [0.4, 0.5) is 5.69 Å². The van der Waals surface area contributed by atoms with E-state index in [1.807, 2.05) is 6.92 Å². The van der Waals surface area contributed by atoms with Crippen LogP contribution in [0.1, 0.15) is 17.4 Å². The van der Waals surface area contributed by atoms with Crippen LogP contribution in [-0.2, 0) is 4.74 Å². The molecule has 1 fully saturated rings. The molecule has 1 aromatic heterocycles. The van der Waals surface area contributed by atoms with Crippen LogP contribution in [-0.4, -0.2) is 41.6 Å². The Morgan fingerprint density at radius 2 is 2.47 bits per heavy atom. The first-order valence-corrected chi connectivity index (χ1v) is 5.53. The van der Waals surface area contributed by atoms with Crippen molar-refractivity contribution in [2.45, 2.75) is 13.0 Å². The lowest BCUT2D eigenvalue weighted by Crippen LogP contribution is -2.47. The maximum atomic E-state index is 12.2. The van der Waals surface area contributed by atoms with Gasteiger partial charge in [0.1, 0.15) is 5.69 Å². The van der Waals surface area contributed by atoms with E-state index in [9.17, 15) is 4.79 Å². The Bertz CT molecular complexity index is 393. The molecule has 0 bridgehead atoms. The van der Waals surface area contributed by atoms with Crippen molar-refractivity contribution in [1.82, 2.24) is 9.88 Å². The van der Waals surface area contributed by atoms with E-state index in [1.165, 1.54) is 0 Å². The Hall–Kier alpha value is -1.66. The van der Waals surface area contributed by atoms with Gasteiger partial charge in [0.05, 0.1) is 31.1 Å². The van der Waals surface area contributed by atoms with Crippen molar-refractivity contribution in [3.8, 4) is 0 Å². The van der Waals surface area contributed by atoms with Gasteiger partial charge in [0.2, 0.25) is 0 Å². The summed E-state index contributed by atoms with van der Waals surface area (Å²) in [6.07, 6.45) is 1.54. The molecule has 17 heavy (non-hydrogen) atoms. The minimum absolute atomic E-state index is 0.0654. The van der Waals surface area contributed by atoms with E-state index in [1.54, 1.807) is 23.2 Å². The monoisotopic (exact) mass is 236 g/mol. The van der Waals surface area contributed by atoms with Crippen molar-refractivity contribution in [2.75, 3.05) is 25.2 Å². The standard InChI is InChI=1S/C11H16N4O2/c1-8-7-17-5-4-15(8)11(16)10-3-2-9(14-12)6-13-10/h2-3,6,8,14H,4-5,7,12H2,1H3. The molecule has 1 amide bonds. The van der Waals surface area contributed by atoms with Crippen LogP contribution >= 0.6 is 0 Å². The van der Waals surface area contributed by atoms with Crippen molar-refractivity contribution in [2.24, 2.45) is 5.84 Å². The van der Waals surface area contributed by atoms with Gasteiger partial charge in [0.15, 0.2) is 0 Å². The number of hydrogen-bond acceptors (Lipinski definition) is 5. The molecule has 2 rings (SSSR count). The predicted octanol–water partition coefficient (Wildman–Crippen LogP) is 0.228. The fraction of sp³-hybridized carbons (Fsp3) is 0.455. The topological polar surface area (TPSA) is 80.5 Å². The minimum atomic E-state index is -0.0654. The second-order valence-corrected chi connectivity index (χ2v) is 4.00. The molecule has 0 aliphatic carbocycles. The number of amides is 1. The lowest BCUT2D eigenvalue weighted by Gasteiger charge is -2.33. The Morgan fingerprint density at radius 1 is 1.65 bits per heavy atom. The first-order valence-electron chi connectivity index (χ1n) is 5.53. The number of ether oxygens (including phenoxy) is 1. The maximum absolute atomic E-state index is 12.2. The van der Waals surface area contributed by atoms with E-state index >= 15 is 0 Å². The predicted molar refractivity (Wildman–Crippen MR) is 63.4 cm³/mol. The molecule has 6 heteroatoms. The molecular formula is C11H16N4O2. The van der Waals surface area contributed by atoms with Gasteiger partial charge < -0.3 is 15.1 Å². The van der Waals surface area contributed by atoms with Crippen molar-refractivity contribution < 1.29 is 9.53 Å². The van der Waals surface area contributed by atoms with E-state index in [2.05, 4.69) is 10.4 Å². The number of carbonyl (C=O) groups is 1. The second-order valence-electron chi connectivity index (χ2n) is 4.00. The van der Waals surface area contributed by atoms with Gasteiger partial charge in [-0.2, -0.15) is 0 Å². The van der Waals surface area contributed by atoms with Crippen LogP contribution in [0.5, 0.6) is 0 Å². The van der Waals surface area contributed by atoms with Crippen molar-refractivity contribution in [1.29, 1.82) is 0 Å². The number of hydrazine groups is 1. The highest BCUT2D eigenvalue weighted by Crippen LogP contribution is 2.12. The Labute approximate surface area is 99.7 Å². The Morgan fingerprint density at radius 3 is 3.06 bits per heavy atom. The van der Waals surface area contributed by atoms with Crippen molar-refractivity contribution in [3.05, 3.63) is 24.0 Å². The summed E-state index contributed by atoms with van der Waals surface area (Å²) in [6, 6.07) is 3.48. The van der Waals surface area contributed by atoms with Crippen LogP contribution in [0.3, 0.4) is 0 Å². The molecule has 1 atom stereocenters. The highest BCUT2D eigenvalue weighted by molar-refractivity contribution is 5.92. The first-order chi connectivity index (χ1) is 8.22. The molecule has 1 aromatic rings. The molecule has 3 N–H and O–H groups in total. The Kier molecular flexibility index (Phi) is 3.55. The number of rotatable bonds is 2.